The van der Waals surface area contributed by atoms with Gasteiger partial charge in [-0.05, 0) is 11.3 Å². The lowest BCUT2D eigenvalue weighted by molar-refractivity contribution is 0.136. The highest BCUT2D eigenvalue weighted by Crippen LogP contribution is 2.47. The Balaban J connectivity index is 2.73. The molecule has 0 saturated heterocycles. The van der Waals surface area contributed by atoms with Crippen LogP contribution in [0.4, 0.5) is 0 Å². The van der Waals surface area contributed by atoms with Crippen LogP contribution in [0.2, 0.25) is 0 Å². The third-order valence-electron chi connectivity index (χ3n) is 2.87. The van der Waals surface area contributed by atoms with E-state index in [1.807, 2.05) is 0 Å². The zero-order valence-electron chi connectivity index (χ0n) is 6.44. The molecule has 1 aliphatic carbocycles. The maximum atomic E-state index is 5.79. The summed E-state index contributed by atoms with van der Waals surface area (Å²) in [4.78, 5) is 0. The fraction of sp³-hybridized carbons (Fsp3) is 0.750. The van der Waals surface area contributed by atoms with Crippen LogP contribution in [0.25, 0.3) is 0 Å². The maximum absolute atomic E-state index is 5.79. The molecule has 1 fully saturated rings. The molecular formula is C8H15N. The molecule has 0 aliphatic heterocycles. The van der Waals surface area contributed by atoms with Gasteiger partial charge in [0.2, 0.25) is 0 Å². The van der Waals surface area contributed by atoms with Gasteiger partial charge in [0.1, 0.15) is 0 Å². The Bertz CT molecular complexity index is 133. The van der Waals surface area contributed by atoms with Crippen molar-refractivity contribution in [1.29, 1.82) is 0 Å². The average molecular weight is 125 g/mol. The Morgan fingerprint density at radius 2 is 2.00 bits per heavy atom. The molecule has 0 aromatic rings. The molecule has 52 valence electrons. The fourth-order valence-corrected chi connectivity index (χ4v) is 1.40. The number of rotatable bonds is 0. The molecule has 1 rings (SSSR count). The molecule has 0 bridgehead atoms. The lowest BCUT2D eigenvalue weighted by Crippen LogP contribution is -2.55. The fourth-order valence-electron chi connectivity index (χ4n) is 1.40. The molecule has 2 N–H and O–H groups in total. The lowest BCUT2D eigenvalue weighted by atomic mass is 9.57. The molecule has 1 saturated carbocycles. The van der Waals surface area contributed by atoms with Crippen molar-refractivity contribution in [2.75, 3.05) is 0 Å². The van der Waals surface area contributed by atoms with E-state index in [0.29, 0.717) is 5.92 Å². The molecule has 0 spiro atoms. The molecule has 1 heteroatoms. The first-order chi connectivity index (χ1) is 3.98. The minimum Gasteiger partial charge on any atom is -0.324 e. The van der Waals surface area contributed by atoms with E-state index in [9.17, 15) is 0 Å². The van der Waals surface area contributed by atoms with E-state index in [1.165, 1.54) is 5.57 Å². The Labute approximate surface area is 56.9 Å². The number of nitrogens with two attached hydrogens (primary N) is 1. The van der Waals surface area contributed by atoms with E-state index in [2.05, 4.69) is 27.4 Å². The summed E-state index contributed by atoms with van der Waals surface area (Å²) in [5.41, 5.74) is 7.29. The van der Waals surface area contributed by atoms with Gasteiger partial charge in [-0.25, -0.2) is 0 Å². The largest absolute Gasteiger partial charge is 0.324 e. The molecule has 2 atom stereocenters. The summed E-state index contributed by atoms with van der Waals surface area (Å²) < 4.78 is 0. The summed E-state index contributed by atoms with van der Waals surface area (Å²) in [5, 5.41) is 0. The van der Waals surface area contributed by atoms with Gasteiger partial charge in [-0.3, -0.25) is 0 Å². The molecular weight excluding hydrogens is 110 g/mol. The lowest BCUT2D eigenvalue weighted by Gasteiger charge is -2.51. The first-order valence-corrected chi connectivity index (χ1v) is 3.42. The van der Waals surface area contributed by atoms with Crippen LogP contribution in [-0.2, 0) is 0 Å². The second kappa shape index (κ2) is 1.60. The highest BCUT2D eigenvalue weighted by molar-refractivity contribution is 5.26. The van der Waals surface area contributed by atoms with Crippen molar-refractivity contribution < 1.29 is 0 Å². The van der Waals surface area contributed by atoms with Crippen LogP contribution < -0.4 is 5.73 Å². The maximum Gasteiger partial charge on any atom is 0.0311 e. The van der Waals surface area contributed by atoms with E-state index < -0.39 is 0 Å². The molecule has 0 radical (unpaired) electrons. The van der Waals surface area contributed by atoms with Crippen LogP contribution in [0.1, 0.15) is 20.8 Å². The van der Waals surface area contributed by atoms with Gasteiger partial charge in [-0.2, -0.15) is 0 Å². The van der Waals surface area contributed by atoms with E-state index in [1.54, 1.807) is 0 Å². The van der Waals surface area contributed by atoms with Crippen molar-refractivity contribution in [1.82, 2.24) is 0 Å². The van der Waals surface area contributed by atoms with Crippen LogP contribution in [0, 0.1) is 11.3 Å². The van der Waals surface area contributed by atoms with E-state index in [4.69, 9.17) is 5.73 Å². The van der Waals surface area contributed by atoms with Gasteiger partial charge in [-0.15, -0.1) is 0 Å². The molecule has 1 nitrogen and oxygen atoms in total. The van der Waals surface area contributed by atoms with Gasteiger partial charge in [0, 0.05) is 6.04 Å². The Hall–Kier alpha value is -0.300. The summed E-state index contributed by atoms with van der Waals surface area (Å²) in [6.45, 7) is 10.5. The minimum absolute atomic E-state index is 0.229. The summed E-state index contributed by atoms with van der Waals surface area (Å²) in [6, 6.07) is 0.229. The quantitative estimate of drug-likeness (QED) is 0.488. The summed E-state index contributed by atoms with van der Waals surface area (Å²) in [5.74, 6) is 0.604. The SMILES string of the molecule is C=C1C(C)C(C)(C)[C@H]1N. The van der Waals surface area contributed by atoms with Crippen molar-refractivity contribution in [3.63, 3.8) is 0 Å². The molecule has 0 heterocycles. The van der Waals surface area contributed by atoms with Gasteiger partial charge in [0.25, 0.3) is 0 Å². The predicted molar refractivity (Wildman–Crippen MR) is 40.1 cm³/mol. The minimum atomic E-state index is 0.229. The molecule has 0 aromatic carbocycles. The zero-order chi connectivity index (χ0) is 7.23. The number of hydrogen-bond donors (Lipinski definition) is 1. The monoisotopic (exact) mass is 125 g/mol. The summed E-state index contributed by atoms with van der Waals surface area (Å²) in [6.07, 6.45) is 0. The van der Waals surface area contributed by atoms with Crippen molar-refractivity contribution in [2.24, 2.45) is 17.1 Å². The van der Waals surface area contributed by atoms with Crippen LogP contribution in [-0.4, -0.2) is 6.04 Å². The first-order valence-electron chi connectivity index (χ1n) is 3.42. The van der Waals surface area contributed by atoms with Crippen LogP contribution >= 0.6 is 0 Å². The average Bonchev–Trinajstić information content (AvgIpc) is 1.84. The van der Waals surface area contributed by atoms with Gasteiger partial charge in [-0.1, -0.05) is 32.9 Å². The molecule has 1 aliphatic rings. The third kappa shape index (κ3) is 0.645. The van der Waals surface area contributed by atoms with Crippen LogP contribution in [0.3, 0.4) is 0 Å². The highest BCUT2D eigenvalue weighted by atomic mass is 14.8. The Morgan fingerprint density at radius 1 is 1.56 bits per heavy atom. The van der Waals surface area contributed by atoms with Crippen LogP contribution in [0.15, 0.2) is 12.2 Å². The topological polar surface area (TPSA) is 26.0 Å². The third-order valence-corrected chi connectivity index (χ3v) is 2.87. The highest BCUT2D eigenvalue weighted by Gasteiger charge is 2.46. The smallest absolute Gasteiger partial charge is 0.0311 e. The van der Waals surface area contributed by atoms with Gasteiger partial charge in [0.15, 0.2) is 0 Å². The second-order valence-corrected chi connectivity index (χ2v) is 3.60. The van der Waals surface area contributed by atoms with Crippen molar-refractivity contribution in [3.8, 4) is 0 Å². The molecule has 1 unspecified atom stereocenters. The zero-order valence-corrected chi connectivity index (χ0v) is 6.44. The Morgan fingerprint density at radius 3 is 2.11 bits per heavy atom. The van der Waals surface area contributed by atoms with Gasteiger partial charge >= 0.3 is 0 Å². The predicted octanol–water partition coefficient (Wildman–Crippen LogP) is 1.55. The first kappa shape index (κ1) is 6.81. The van der Waals surface area contributed by atoms with Gasteiger partial charge in [0.05, 0.1) is 0 Å². The molecule has 9 heavy (non-hydrogen) atoms. The van der Waals surface area contributed by atoms with E-state index >= 15 is 0 Å². The second-order valence-electron chi connectivity index (χ2n) is 3.60. The van der Waals surface area contributed by atoms with Crippen LogP contribution in [0.5, 0.6) is 0 Å². The van der Waals surface area contributed by atoms with Crippen molar-refractivity contribution >= 4 is 0 Å². The van der Waals surface area contributed by atoms with Gasteiger partial charge < -0.3 is 5.73 Å². The molecule has 0 aromatic heterocycles. The van der Waals surface area contributed by atoms with E-state index in [0.717, 1.165) is 0 Å². The van der Waals surface area contributed by atoms with E-state index in [-0.39, 0.29) is 11.5 Å². The Kier molecular flexibility index (Phi) is 1.21. The normalized spacial score (nSPS) is 40.2. The summed E-state index contributed by atoms with van der Waals surface area (Å²) in [7, 11) is 0. The van der Waals surface area contributed by atoms with Crippen molar-refractivity contribution in [3.05, 3.63) is 12.2 Å². The van der Waals surface area contributed by atoms with Crippen molar-refractivity contribution in [2.45, 2.75) is 26.8 Å². The number of hydrogen-bond acceptors (Lipinski definition) is 1. The molecule has 0 amide bonds. The standard InChI is InChI=1S/C8H15N/c1-5-6(2)8(3,4)7(5)9/h6-7H,1,9H2,2-4H3/t6?,7-/m0/s1. The summed E-state index contributed by atoms with van der Waals surface area (Å²) >= 11 is 0.